The van der Waals surface area contributed by atoms with Crippen molar-refractivity contribution in [2.75, 3.05) is 0 Å². The molecule has 4 aromatic rings. The van der Waals surface area contributed by atoms with Gasteiger partial charge < -0.3 is 0 Å². The lowest BCUT2D eigenvalue weighted by atomic mass is 9.99. The maximum atomic E-state index is 3.31. The van der Waals surface area contributed by atoms with Crippen LogP contribution in [0.1, 0.15) is 0 Å². The molecule has 0 bridgehead atoms. The average Bonchev–Trinajstić information content (AvgIpc) is 2.82. The lowest BCUT2D eigenvalue weighted by Gasteiger charge is -2.04. The topological polar surface area (TPSA) is 0 Å². The Balaban J connectivity index is 2.02. The minimum absolute atomic E-state index is 1.19. The van der Waals surface area contributed by atoms with Gasteiger partial charge in [0.15, 0.2) is 0 Å². The van der Waals surface area contributed by atoms with Crippen LogP contribution in [0.2, 0.25) is 0 Å². The van der Waals surface area contributed by atoms with Crippen LogP contribution in [0.3, 0.4) is 0 Å². The van der Waals surface area contributed by atoms with E-state index in [1.807, 2.05) is 6.07 Å². The van der Waals surface area contributed by atoms with Gasteiger partial charge in [-0.25, -0.2) is 0 Å². The van der Waals surface area contributed by atoms with Gasteiger partial charge in [0.1, 0.15) is 0 Å². The molecule has 0 unspecified atom stereocenters. The second kappa shape index (κ2) is 3.49. The zero-order valence-electron chi connectivity index (χ0n) is 10.8. The molecule has 0 heteroatoms. The fourth-order valence-electron chi connectivity index (χ4n) is 3.31. The van der Waals surface area contributed by atoms with Crippen molar-refractivity contribution in [3.63, 3.8) is 0 Å². The van der Waals surface area contributed by atoms with Crippen LogP contribution in [-0.4, -0.2) is 0 Å². The third-order valence-electron chi connectivity index (χ3n) is 4.22. The van der Waals surface area contributed by atoms with Gasteiger partial charge in [-0.05, 0) is 74.1 Å². The average molecular weight is 250 g/mol. The number of hydrogen-bond donors (Lipinski definition) is 0. The molecule has 5 rings (SSSR count). The van der Waals surface area contributed by atoms with Crippen LogP contribution in [0.4, 0.5) is 0 Å². The molecule has 0 aromatic heterocycles. The summed E-state index contributed by atoms with van der Waals surface area (Å²) < 4.78 is 0. The summed E-state index contributed by atoms with van der Waals surface area (Å²) >= 11 is 0. The van der Waals surface area contributed by atoms with Crippen LogP contribution in [0.15, 0.2) is 60.7 Å². The molecule has 0 saturated heterocycles. The van der Waals surface area contributed by atoms with Crippen molar-refractivity contribution in [2.24, 2.45) is 0 Å². The summed E-state index contributed by atoms with van der Waals surface area (Å²) in [6.45, 7) is 0. The van der Waals surface area contributed by atoms with Crippen LogP contribution < -0.4 is 0 Å². The summed E-state index contributed by atoms with van der Waals surface area (Å²) in [7, 11) is 0. The van der Waals surface area contributed by atoms with Crippen molar-refractivity contribution in [3.05, 3.63) is 72.8 Å². The maximum absolute atomic E-state index is 3.31. The van der Waals surface area contributed by atoms with Gasteiger partial charge in [-0.1, -0.05) is 42.5 Å². The van der Waals surface area contributed by atoms with Crippen molar-refractivity contribution < 1.29 is 0 Å². The minimum atomic E-state index is 1.19. The molecule has 0 spiro atoms. The van der Waals surface area contributed by atoms with Crippen LogP contribution in [-0.2, 0) is 0 Å². The van der Waals surface area contributed by atoms with E-state index >= 15 is 0 Å². The summed E-state index contributed by atoms with van der Waals surface area (Å²) in [5.41, 5.74) is 5.12. The fourth-order valence-corrected chi connectivity index (χ4v) is 3.31. The zero-order chi connectivity index (χ0) is 13.1. The first-order valence-electron chi connectivity index (χ1n) is 6.80. The second-order valence-electron chi connectivity index (χ2n) is 5.30. The van der Waals surface area contributed by atoms with E-state index in [9.17, 15) is 0 Å². The summed E-state index contributed by atoms with van der Waals surface area (Å²) in [6, 6.07) is 28.1. The quantitative estimate of drug-likeness (QED) is 0.352. The molecule has 0 aliphatic heterocycles. The molecule has 0 saturated carbocycles. The highest BCUT2D eigenvalue weighted by atomic mass is 14.2. The van der Waals surface area contributed by atoms with Crippen molar-refractivity contribution in [3.8, 4) is 22.3 Å². The summed E-state index contributed by atoms with van der Waals surface area (Å²) in [6.07, 6.45) is 0. The highest BCUT2D eigenvalue weighted by Gasteiger charge is 2.21. The number of benzene rings is 4. The standard InChI is InChI=1S/C20H10/c1-2-6-15-12-19-17-10-4-8-13-7-3-9-16(20(13)17)18(19)11-14(15)5-1/h1-3,5-9,11-12H. The van der Waals surface area contributed by atoms with Crippen molar-refractivity contribution >= 4 is 21.5 Å². The van der Waals surface area contributed by atoms with Crippen molar-refractivity contribution in [2.45, 2.75) is 0 Å². The van der Waals surface area contributed by atoms with E-state index in [0.29, 0.717) is 0 Å². The fraction of sp³-hybridized carbons (Fsp3) is 0. The first-order valence-corrected chi connectivity index (χ1v) is 6.80. The third-order valence-corrected chi connectivity index (χ3v) is 4.22. The van der Waals surface area contributed by atoms with E-state index in [1.54, 1.807) is 0 Å². The smallest absolute Gasteiger partial charge is 0.000696 e. The molecule has 90 valence electrons. The normalized spacial score (nSPS) is 12.0. The Morgan fingerprint density at radius 2 is 1.40 bits per heavy atom. The monoisotopic (exact) mass is 250 g/mol. The molecule has 0 heterocycles. The van der Waals surface area contributed by atoms with Crippen molar-refractivity contribution in [1.82, 2.24) is 0 Å². The molecular weight excluding hydrogens is 240 g/mol. The van der Waals surface area contributed by atoms with Gasteiger partial charge in [0.25, 0.3) is 0 Å². The Labute approximate surface area is 117 Å². The highest BCUT2D eigenvalue weighted by Crippen LogP contribution is 2.47. The number of hydrogen-bond acceptors (Lipinski definition) is 0. The number of rotatable bonds is 0. The van der Waals surface area contributed by atoms with Gasteiger partial charge in [-0.3, -0.25) is 0 Å². The summed E-state index contributed by atoms with van der Waals surface area (Å²) in [4.78, 5) is 0. The Kier molecular flexibility index (Phi) is 1.78. The summed E-state index contributed by atoms with van der Waals surface area (Å²) in [5, 5.41) is 5.14. The van der Waals surface area contributed by atoms with E-state index in [2.05, 4.69) is 66.7 Å². The lowest BCUT2D eigenvalue weighted by Crippen LogP contribution is -1.78. The molecule has 20 heavy (non-hydrogen) atoms. The Hall–Kier alpha value is -2.60. The summed E-state index contributed by atoms with van der Waals surface area (Å²) in [5.74, 6) is 0. The van der Waals surface area contributed by atoms with Crippen molar-refractivity contribution in [1.29, 1.82) is 0 Å². The molecule has 0 N–H and O–H groups in total. The molecular formula is C20H10. The first-order chi connectivity index (χ1) is 9.92. The van der Waals surface area contributed by atoms with Gasteiger partial charge in [0, 0.05) is 0 Å². The highest BCUT2D eigenvalue weighted by molar-refractivity contribution is 6.17. The van der Waals surface area contributed by atoms with Crippen LogP contribution in [0.5, 0.6) is 0 Å². The minimum Gasteiger partial charge on any atom is -0.0616 e. The zero-order valence-corrected chi connectivity index (χ0v) is 10.8. The van der Waals surface area contributed by atoms with Crippen LogP contribution in [0, 0.1) is 12.1 Å². The predicted octanol–water partition coefficient (Wildman–Crippen LogP) is 5.24. The molecule has 0 atom stereocenters. The predicted molar refractivity (Wildman–Crippen MR) is 83.6 cm³/mol. The second-order valence-corrected chi connectivity index (χ2v) is 5.30. The molecule has 0 nitrogen and oxygen atoms in total. The van der Waals surface area contributed by atoms with E-state index in [0.717, 1.165) is 0 Å². The Morgan fingerprint density at radius 1 is 0.650 bits per heavy atom. The molecule has 0 fully saturated rings. The molecule has 0 amide bonds. The van der Waals surface area contributed by atoms with E-state index in [-0.39, 0.29) is 0 Å². The van der Waals surface area contributed by atoms with Gasteiger partial charge in [0.05, 0.1) is 0 Å². The Bertz CT molecular complexity index is 916. The maximum Gasteiger partial charge on any atom is -0.000696 e. The van der Waals surface area contributed by atoms with Gasteiger partial charge in [0.2, 0.25) is 0 Å². The molecule has 1 aliphatic rings. The van der Waals surface area contributed by atoms with Crippen LogP contribution >= 0.6 is 0 Å². The van der Waals surface area contributed by atoms with E-state index < -0.39 is 0 Å². The largest absolute Gasteiger partial charge is 0.0616 e. The lowest BCUT2D eigenvalue weighted by molar-refractivity contribution is 1.72. The molecule has 2 radical (unpaired) electrons. The first kappa shape index (κ1) is 10.2. The van der Waals surface area contributed by atoms with E-state index in [4.69, 9.17) is 0 Å². The third kappa shape index (κ3) is 1.16. The van der Waals surface area contributed by atoms with Gasteiger partial charge in [-0.2, -0.15) is 0 Å². The molecule has 4 aromatic carbocycles. The van der Waals surface area contributed by atoms with Gasteiger partial charge >= 0.3 is 0 Å². The SMILES string of the molecule is [c]1[c]c2c3c(cccc3c1)-c1cc3ccccc3cc1-2. The molecule has 1 aliphatic carbocycles. The Morgan fingerprint density at radius 3 is 2.25 bits per heavy atom. The van der Waals surface area contributed by atoms with Crippen LogP contribution in [0.25, 0.3) is 43.8 Å². The van der Waals surface area contributed by atoms with E-state index in [1.165, 1.54) is 43.8 Å². The van der Waals surface area contributed by atoms with Gasteiger partial charge in [-0.15, -0.1) is 0 Å². The number of fused-ring (bicyclic) bond motifs is 4.